The van der Waals surface area contributed by atoms with Crippen molar-refractivity contribution in [1.82, 2.24) is 0 Å². The highest BCUT2D eigenvalue weighted by atomic mass is 35.5. The van der Waals surface area contributed by atoms with Crippen LogP contribution in [0, 0.1) is 0 Å². The number of halogens is 3. The number of hydrogen-bond acceptors (Lipinski definition) is 2. The molecule has 0 amide bonds. The lowest BCUT2D eigenvalue weighted by atomic mass is 10.3. The molecule has 5 heteroatoms. The highest BCUT2D eigenvalue weighted by molar-refractivity contribution is 6.53. The molecule has 0 saturated carbocycles. The van der Waals surface area contributed by atoms with Gasteiger partial charge in [0.25, 0.3) is 0 Å². The maximum atomic E-state index is 10.9. The van der Waals surface area contributed by atoms with Gasteiger partial charge in [-0.2, -0.15) is 0 Å². The smallest absolute Gasteiger partial charge is 0.344 e. The predicted molar refractivity (Wildman–Crippen MR) is 52.6 cm³/mol. The van der Waals surface area contributed by atoms with Crippen LogP contribution in [0.25, 0.3) is 0 Å². The summed E-state index contributed by atoms with van der Waals surface area (Å²) in [5.41, 5.74) is 0. The topological polar surface area (TPSA) is 26.3 Å². The Morgan fingerprint density at radius 3 is 2.23 bits per heavy atom. The fourth-order valence-electron chi connectivity index (χ4n) is 0.663. The summed E-state index contributed by atoms with van der Waals surface area (Å²) in [5.74, 6) is -0.341. The van der Waals surface area contributed by atoms with E-state index in [0.29, 0.717) is 10.8 Å². The Kier molecular flexibility index (Phi) is 3.85. The molecule has 0 aromatic heterocycles. The van der Waals surface area contributed by atoms with Crippen LogP contribution in [-0.4, -0.2) is 10.8 Å². The fourth-order valence-corrected chi connectivity index (χ4v) is 0.878. The molecule has 0 saturated heterocycles. The number of carbonyl (C=O) groups is 1. The molecule has 70 valence electrons. The first-order valence-corrected chi connectivity index (χ1v) is 4.60. The minimum atomic E-state index is -1.17. The van der Waals surface area contributed by atoms with Gasteiger partial charge >= 0.3 is 5.97 Å². The zero-order chi connectivity index (χ0) is 9.84. The Morgan fingerprint density at radius 2 is 1.77 bits per heavy atom. The van der Waals surface area contributed by atoms with Crippen LogP contribution in [0.5, 0.6) is 5.75 Å². The van der Waals surface area contributed by atoms with E-state index in [2.05, 4.69) is 0 Å². The van der Waals surface area contributed by atoms with Crippen LogP contribution in [0.4, 0.5) is 0 Å². The van der Waals surface area contributed by atoms with E-state index in [1.807, 2.05) is 0 Å². The lowest BCUT2D eigenvalue weighted by molar-refractivity contribution is -0.132. The van der Waals surface area contributed by atoms with Crippen LogP contribution in [0.3, 0.4) is 0 Å². The van der Waals surface area contributed by atoms with Crippen LogP contribution < -0.4 is 4.74 Å². The Balaban J connectivity index is 2.65. The highest BCUT2D eigenvalue weighted by Gasteiger charge is 2.13. The van der Waals surface area contributed by atoms with E-state index < -0.39 is 10.8 Å². The molecule has 0 bridgehead atoms. The van der Waals surface area contributed by atoms with E-state index >= 15 is 0 Å². The fraction of sp³-hybridized carbons (Fsp3) is 0.125. The van der Waals surface area contributed by atoms with Gasteiger partial charge in [-0.15, -0.1) is 0 Å². The molecule has 13 heavy (non-hydrogen) atoms. The first kappa shape index (κ1) is 10.6. The maximum absolute atomic E-state index is 10.9. The molecule has 2 nitrogen and oxygen atoms in total. The average Bonchev–Trinajstić information content (AvgIpc) is 2.08. The number of carbonyl (C=O) groups excluding carboxylic acids is 1. The van der Waals surface area contributed by atoms with Crippen molar-refractivity contribution in [2.24, 2.45) is 0 Å². The van der Waals surface area contributed by atoms with E-state index in [0.717, 1.165) is 0 Å². The lowest BCUT2D eigenvalue weighted by Crippen LogP contribution is -2.15. The molecule has 0 N–H and O–H groups in total. The molecule has 0 spiro atoms. The molecule has 0 aliphatic carbocycles. The third-order valence-electron chi connectivity index (χ3n) is 1.21. The number of alkyl halides is 2. The Labute approximate surface area is 90.3 Å². The Morgan fingerprint density at radius 1 is 1.23 bits per heavy atom. The Bertz CT molecular complexity index is 295. The van der Waals surface area contributed by atoms with Gasteiger partial charge in [-0.25, -0.2) is 4.79 Å². The van der Waals surface area contributed by atoms with Crippen LogP contribution in [0.15, 0.2) is 24.3 Å². The van der Waals surface area contributed by atoms with Crippen molar-refractivity contribution in [3.05, 3.63) is 29.3 Å². The summed E-state index contributed by atoms with van der Waals surface area (Å²) in [6.45, 7) is 0. The van der Waals surface area contributed by atoms with Crippen LogP contribution in [0.2, 0.25) is 5.02 Å². The third-order valence-corrected chi connectivity index (χ3v) is 1.82. The first-order chi connectivity index (χ1) is 6.09. The Hall–Kier alpha value is -0.440. The molecular weight excluding hydrogens is 234 g/mol. The second-order valence-corrected chi connectivity index (χ2v) is 3.71. The van der Waals surface area contributed by atoms with Crippen molar-refractivity contribution in [3.63, 3.8) is 0 Å². The van der Waals surface area contributed by atoms with E-state index in [-0.39, 0.29) is 0 Å². The molecule has 1 aromatic carbocycles. The van der Waals surface area contributed by atoms with Gasteiger partial charge in [-0.05, 0) is 24.3 Å². The molecule has 0 heterocycles. The summed E-state index contributed by atoms with van der Waals surface area (Å²) < 4.78 is 4.77. The van der Waals surface area contributed by atoms with Gasteiger partial charge in [-0.1, -0.05) is 34.8 Å². The number of benzene rings is 1. The summed E-state index contributed by atoms with van der Waals surface area (Å²) in [6.07, 6.45) is 0. The van der Waals surface area contributed by atoms with Gasteiger partial charge in [0, 0.05) is 5.02 Å². The standard InChI is InChI=1S/C8H5Cl3O2/c9-5-1-3-6(4-2-5)13-8(12)7(10)11/h1-4,7H. The van der Waals surface area contributed by atoms with Crippen molar-refractivity contribution in [2.75, 3.05) is 0 Å². The van der Waals surface area contributed by atoms with Crippen LogP contribution in [-0.2, 0) is 4.79 Å². The van der Waals surface area contributed by atoms with Crippen molar-refractivity contribution in [1.29, 1.82) is 0 Å². The van der Waals surface area contributed by atoms with Crippen molar-refractivity contribution in [2.45, 2.75) is 4.84 Å². The zero-order valence-electron chi connectivity index (χ0n) is 6.34. The number of ether oxygens (including phenoxy) is 1. The molecule has 0 atom stereocenters. The SMILES string of the molecule is O=C(Oc1ccc(Cl)cc1)C(Cl)Cl. The molecular formula is C8H5Cl3O2. The van der Waals surface area contributed by atoms with Crippen molar-refractivity contribution in [3.8, 4) is 5.75 Å². The summed E-state index contributed by atoms with van der Waals surface area (Å²) in [6, 6.07) is 6.30. The number of hydrogen-bond donors (Lipinski definition) is 0. The molecule has 0 radical (unpaired) electrons. The van der Waals surface area contributed by atoms with Gasteiger partial charge in [0.15, 0.2) is 0 Å². The average molecular weight is 239 g/mol. The predicted octanol–water partition coefficient (Wildman–Crippen LogP) is 3.05. The molecule has 0 aliphatic rings. The van der Waals surface area contributed by atoms with Crippen LogP contribution >= 0.6 is 34.8 Å². The molecule has 1 rings (SSSR count). The van der Waals surface area contributed by atoms with E-state index in [1.54, 1.807) is 24.3 Å². The second kappa shape index (κ2) is 4.70. The van der Waals surface area contributed by atoms with E-state index in [1.165, 1.54) is 0 Å². The maximum Gasteiger partial charge on any atom is 0.344 e. The van der Waals surface area contributed by atoms with Gasteiger partial charge in [0.05, 0.1) is 0 Å². The largest absolute Gasteiger partial charge is 0.425 e. The normalized spacial score (nSPS) is 10.2. The summed E-state index contributed by atoms with van der Waals surface area (Å²) >= 11 is 16.2. The van der Waals surface area contributed by atoms with Crippen molar-refractivity contribution < 1.29 is 9.53 Å². The van der Waals surface area contributed by atoms with E-state index in [9.17, 15) is 4.79 Å². The quantitative estimate of drug-likeness (QED) is 0.450. The number of rotatable bonds is 2. The van der Waals surface area contributed by atoms with Gasteiger partial charge in [-0.3, -0.25) is 0 Å². The second-order valence-electron chi connectivity index (χ2n) is 2.18. The number of esters is 1. The van der Waals surface area contributed by atoms with Crippen molar-refractivity contribution >= 4 is 40.8 Å². The highest BCUT2D eigenvalue weighted by Crippen LogP contribution is 2.17. The summed E-state index contributed by atoms with van der Waals surface area (Å²) in [4.78, 5) is 9.71. The van der Waals surface area contributed by atoms with Crippen LogP contribution in [0.1, 0.15) is 0 Å². The summed E-state index contributed by atoms with van der Waals surface area (Å²) in [7, 11) is 0. The minimum Gasteiger partial charge on any atom is -0.425 e. The third kappa shape index (κ3) is 3.43. The van der Waals surface area contributed by atoms with Gasteiger partial charge < -0.3 is 4.74 Å². The minimum absolute atomic E-state index is 0.362. The van der Waals surface area contributed by atoms with Gasteiger partial charge in [0.2, 0.25) is 4.84 Å². The lowest BCUT2D eigenvalue weighted by Gasteiger charge is -2.03. The molecule has 0 fully saturated rings. The zero-order valence-corrected chi connectivity index (χ0v) is 8.60. The van der Waals surface area contributed by atoms with Gasteiger partial charge in [0.1, 0.15) is 5.75 Å². The molecule has 0 aliphatic heterocycles. The molecule has 1 aromatic rings. The molecule has 0 unspecified atom stereocenters. The summed E-state index contributed by atoms with van der Waals surface area (Å²) in [5, 5.41) is 0.563. The monoisotopic (exact) mass is 238 g/mol. The van der Waals surface area contributed by atoms with E-state index in [4.69, 9.17) is 39.5 Å². The first-order valence-electron chi connectivity index (χ1n) is 3.35.